The molecule has 1 aromatic rings. The molecule has 3 heteroatoms. The highest BCUT2D eigenvalue weighted by Crippen LogP contribution is 2.72. The topological polar surface area (TPSA) is 38.7 Å². The molecular formula is C17H20O3. The predicted molar refractivity (Wildman–Crippen MR) is 73.7 cm³/mol. The number of rotatable bonds is 2. The van der Waals surface area contributed by atoms with Gasteiger partial charge in [0.15, 0.2) is 11.5 Å². The Bertz CT molecular complexity index is 539. The first-order valence-electron chi connectivity index (χ1n) is 7.90. The normalized spacial score (nSPS) is 41.4. The standard InChI is InChI=1S/C17H20O3/c18-17(16-14-9-1-2-10(7-9)15(14)16)11-3-4-12-13(8-11)20-6-5-19-12/h3-4,8-10,14-18H,1-2,5-7H2. The van der Waals surface area contributed by atoms with Gasteiger partial charge in [-0.15, -0.1) is 0 Å². The molecule has 0 saturated heterocycles. The fourth-order valence-corrected chi connectivity index (χ4v) is 5.28. The summed E-state index contributed by atoms with van der Waals surface area (Å²) in [4.78, 5) is 0. The summed E-state index contributed by atoms with van der Waals surface area (Å²) in [6, 6.07) is 5.93. The molecule has 0 radical (unpaired) electrons. The van der Waals surface area contributed by atoms with E-state index in [2.05, 4.69) is 0 Å². The average Bonchev–Trinajstić information content (AvgIpc) is 2.93. The predicted octanol–water partition coefficient (Wildman–Crippen LogP) is 2.78. The lowest BCUT2D eigenvalue weighted by Crippen LogP contribution is -2.16. The van der Waals surface area contributed by atoms with Crippen LogP contribution in [0.3, 0.4) is 0 Å². The van der Waals surface area contributed by atoms with Gasteiger partial charge in [-0.1, -0.05) is 6.07 Å². The fourth-order valence-electron chi connectivity index (χ4n) is 5.28. The second-order valence-corrected chi connectivity index (χ2v) is 6.91. The lowest BCUT2D eigenvalue weighted by Gasteiger charge is -2.21. The lowest BCUT2D eigenvalue weighted by atomic mass is 9.95. The molecule has 3 aliphatic carbocycles. The summed E-state index contributed by atoms with van der Waals surface area (Å²) in [6.45, 7) is 1.22. The van der Waals surface area contributed by atoms with Crippen LogP contribution < -0.4 is 9.47 Å². The zero-order chi connectivity index (χ0) is 13.3. The van der Waals surface area contributed by atoms with Crippen LogP contribution >= 0.6 is 0 Å². The number of hydrogen-bond donors (Lipinski definition) is 1. The van der Waals surface area contributed by atoms with Crippen LogP contribution in [0, 0.1) is 29.6 Å². The number of hydrogen-bond acceptors (Lipinski definition) is 3. The van der Waals surface area contributed by atoms with E-state index in [0.717, 1.165) is 40.7 Å². The van der Waals surface area contributed by atoms with Gasteiger partial charge in [0.25, 0.3) is 0 Å². The molecule has 3 saturated carbocycles. The van der Waals surface area contributed by atoms with Crippen molar-refractivity contribution in [2.45, 2.75) is 25.4 Å². The van der Waals surface area contributed by atoms with Crippen molar-refractivity contribution in [3.8, 4) is 11.5 Å². The Labute approximate surface area is 118 Å². The average molecular weight is 272 g/mol. The molecule has 1 heterocycles. The van der Waals surface area contributed by atoms with Crippen molar-refractivity contribution in [3.05, 3.63) is 23.8 Å². The Morgan fingerprint density at radius 3 is 2.45 bits per heavy atom. The molecule has 1 aliphatic heterocycles. The highest BCUT2D eigenvalue weighted by atomic mass is 16.6. The van der Waals surface area contributed by atoms with Crippen molar-refractivity contribution in [2.75, 3.05) is 13.2 Å². The molecular weight excluding hydrogens is 252 g/mol. The second-order valence-electron chi connectivity index (χ2n) is 6.91. The summed E-state index contributed by atoms with van der Waals surface area (Å²) in [5, 5.41) is 10.7. The van der Waals surface area contributed by atoms with Crippen LogP contribution in [0.15, 0.2) is 18.2 Å². The van der Waals surface area contributed by atoms with E-state index in [0.29, 0.717) is 19.1 Å². The molecule has 4 aliphatic rings. The van der Waals surface area contributed by atoms with Gasteiger partial charge in [-0.2, -0.15) is 0 Å². The first-order chi connectivity index (χ1) is 9.83. The number of aliphatic hydroxyl groups is 1. The molecule has 0 amide bonds. The third kappa shape index (κ3) is 1.44. The minimum atomic E-state index is -0.316. The summed E-state index contributed by atoms with van der Waals surface area (Å²) < 4.78 is 11.2. The fraction of sp³-hybridized carbons (Fsp3) is 0.647. The van der Waals surface area contributed by atoms with Crippen LogP contribution in [0.2, 0.25) is 0 Å². The molecule has 2 bridgehead atoms. The molecule has 0 aromatic heterocycles. The smallest absolute Gasteiger partial charge is 0.161 e. The van der Waals surface area contributed by atoms with E-state index in [1.165, 1.54) is 19.3 Å². The van der Waals surface area contributed by atoms with Crippen molar-refractivity contribution >= 4 is 0 Å². The molecule has 1 aromatic carbocycles. The number of fused-ring (bicyclic) bond motifs is 6. The SMILES string of the molecule is OC(c1ccc2c(c1)OCCO2)C1C2C3CCC(C3)C21. The van der Waals surface area contributed by atoms with Gasteiger partial charge in [0.2, 0.25) is 0 Å². The van der Waals surface area contributed by atoms with Gasteiger partial charge >= 0.3 is 0 Å². The van der Waals surface area contributed by atoms with Crippen LogP contribution in [-0.2, 0) is 0 Å². The van der Waals surface area contributed by atoms with Gasteiger partial charge in [-0.05, 0) is 66.5 Å². The summed E-state index contributed by atoms with van der Waals surface area (Å²) >= 11 is 0. The molecule has 5 unspecified atom stereocenters. The van der Waals surface area contributed by atoms with Gasteiger partial charge in [-0.3, -0.25) is 0 Å². The summed E-state index contributed by atoms with van der Waals surface area (Å²) in [7, 11) is 0. The van der Waals surface area contributed by atoms with E-state index >= 15 is 0 Å². The van der Waals surface area contributed by atoms with Gasteiger partial charge in [-0.25, -0.2) is 0 Å². The third-order valence-corrected chi connectivity index (χ3v) is 6.07. The Morgan fingerprint density at radius 2 is 1.70 bits per heavy atom. The van der Waals surface area contributed by atoms with Crippen molar-refractivity contribution in [2.24, 2.45) is 29.6 Å². The maximum atomic E-state index is 10.7. The van der Waals surface area contributed by atoms with Gasteiger partial charge in [0, 0.05) is 0 Å². The molecule has 20 heavy (non-hydrogen) atoms. The Kier molecular flexibility index (Phi) is 2.24. The van der Waals surface area contributed by atoms with E-state index in [1.54, 1.807) is 0 Å². The molecule has 3 nitrogen and oxygen atoms in total. The van der Waals surface area contributed by atoms with Crippen LogP contribution in [0.1, 0.15) is 30.9 Å². The van der Waals surface area contributed by atoms with Crippen molar-refractivity contribution in [3.63, 3.8) is 0 Å². The number of benzene rings is 1. The molecule has 5 atom stereocenters. The minimum absolute atomic E-state index is 0.316. The largest absolute Gasteiger partial charge is 0.486 e. The van der Waals surface area contributed by atoms with Crippen molar-refractivity contribution in [1.82, 2.24) is 0 Å². The summed E-state index contributed by atoms with van der Waals surface area (Å²) in [6.07, 6.45) is 3.91. The minimum Gasteiger partial charge on any atom is -0.486 e. The third-order valence-electron chi connectivity index (χ3n) is 6.07. The lowest BCUT2D eigenvalue weighted by molar-refractivity contribution is 0.128. The van der Waals surface area contributed by atoms with Crippen molar-refractivity contribution < 1.29 is 14.6 Å². The number of ether oxygens (including phenoxy) is 2. The van der Waals surface area contributed by atoms with Gasteiger partial charge in [0.05, 0.1) is 6.10 Å². The van der Waals surface area contributed by atoms with Gasteiger partial charge < -0.3 is 14.6 Å². The molecule has 3 fully saturated rings. The maximum Gasteiger partial charge on any atom is 0.161 e. The van der Waals surface area contributed by atoms with Crippen LogP contribution in [-0.4, -0.2) is 18.3 Å². The Hall–Kier alpha value is -1.22. The first kappa shape index (κ1) is 11.4. The van der Waals surface area contributed by atoms with Crippen LogP contribution in [0.4, 0.5) is 0 Å². The van der Waals surface area contributed by atoms with E-state index in [9.17, 15) is 5.11 Å². The second kappa shape index (κ2) is 3.91. The van der Waals surface area contributed by atoms with Crippen molar-refractivity contribution in [1.29, 1.82) is 0 Å². The van der Waals surface area contributed by atoms with E-state index in [1.807, 2.05) is 18.2 Å². The Balaban J connectivity index is 1.41. The maximum absolute atomic E-state index is 10.7. The van der Waals surface area contributed by atoms with Crippen LogP contribution in [0.5, 0.6) is 11.5 Å². The highest BCUT2D eigenvalue weighted by molar-refractivity contribution is 5.45. The van der Waals surface area contributed by atoms with Gasteiger partial charge in [0.1, 0.15) is 13.2 Å². The van der Waals surface area contributed by atoms with Crippen LogP contribution in [0.25, 0.3) is 0 Å². The number of aliphatic hydroxyl groups excluding tert-OH is 1. The highest BCUT2D eigenvalue weighted by Gasteiger charge is 2.66. The molecule has 106 valence electrons. The molecule has 5 rings (SSSR count). The monoisotopic (exact) mass is 272 g/mol. The zero-order valence-electron chi connectivity index (χ0n) is 11.5. The van der Waals surface area contributed by atoms with E-state index in [-0.39, 0.29) is 6.10 Å². The molecule has 1 N–H and O–H groups in total. The Morgan fingerprint density at radius 1 is 1.00 bits per heavy atom. The quantitative estimate of drug-likeness (QED) is 0.899. The molecule has 0 spiro atoms. The summed E-state index contributed by atoms with van der Waals surface area (Å²) in [5.74, 6) is 5.52. The van der Waals surface area contributed by atoms with E-state index < -0.39 is 0 Å². The zero-order valence-corrected chi connectivity index (χ0v) is 11.5. The summed E-state index contributed by atoms with van der Waals surface area (Å²) in [5.41, 5.74) is 1.01. The van der Waals surface area contributed by atoms with E-state index in [4.69, 9.17) is 9.47 Å². The first-order valence-corrected chi connectivity index (χ1v) is 7.90.